The van der Waals surface area contributed by atoms with E-state index in [1.807, 2.05) is 0 Å². The number of benzene rings is 1. The molecule has 1 aromatic carbocycles. The number of esters is 1. The Kier molecular flexibility index (Phi) is 5.25. The van der Waals surface area contributed by atoms with Crippen molar-refractivity contribution in [2.24, 2.45) is 0 Å². The van der Waals surface area contributed by atoms with Gasteiger partial charge in [-0.1, -0.05) is 29.6 Å². The number of Topliss-reactive ketones (excluding diaryl/α,β-unsaturated/α-hetero) is 1. The van der Waals surface area contributed by atoms with Crippen molar-refractivity contribution in [3.63, 3.8) is 0 Å². The summed E-state index contributed by atoms with van der Waals surface area (Å²) in [7, 11) is 0. The molecule has 6 heteroatoms. The SMILES string of the molecule is O=C(COC(=O)C1(O)CCCCC1)c1ccc(Cl)cc1Cl. The molecule has 1 N–H and O–H groups in total. The lowest BCUT2D eigenvalue weighted by atomic mass is 9.85. The van der Waals surface area contributed by atoms with Crippen molar-refractivity contribution in [3.05, 3.63) is 33.8 Å². The minimum absolute atomic E-state index is 0.208. The normalized spacial score (nSPS) is 17.3. The van der Waals surface area contributed by atoms with Crippen LogP contribution >= 0.6 is 23.2 Å². The Balaban J connectivity index is 1.96. The first-order valence-corrected chi connectivity index (χ1v) is 7.56. The first-order valence-electron chi connectivity index (χ1n) is 6.80. The van der Waals surface area contributed by atoms with Crippen molar-refractivity contribution in [1.82, 2.24) is 0 Å². The number of carbonyl (C=O) groups is 2. The minimum Gasteiger partial charge on any atom is -0.455 e. The fraction of sp³-hybridized carbons (Fsp3) is 0.467. The fourth-order valence-corrected chi connectivity index (χ4v) is 2.91. The van der Waals surface area contributed by atoms with Gasteiger partial charge in [0.2, 0.25) is 5.78 Å². The molecule has 1 fully saturated rings. The van der Waals surface area contributed by atoms with Crippen LogP contribution in [-0.2, 0) is 9.53 Å². The van der Waals surface area contributed by atoms with Crippen molar-refractivity contribution in [2.75, 3.05) is 6.61 Å². The summed E-state index contributed by atoms with van der Waals surface area (Å²) in [6, 6.07) is 4.47. The van der Waals surface area contributed by atoms with Crippen LogP contribution in [0, 0.1) is 0 Å². The van der Waals surface area contributed by atoms with Gasteiger partial charge in [-0.25, -0.2) is 4.79 Å². The summed E-state index contributed by atoms with van der Waals surface area (Å²) in [5.41, 5.74) is -1.22. The third-order valence-electron chi connectivity index (χ3n) is 3.63. The van der Waals surface area contributed by atoms with Crippen LogP contribution in [0.2, 0.25) is 10.0 Å². The van der Waals surface area contributed by atoms with Gasteiger partial charge < -0.3 is 9.84 Å². The lowest BCUT2D eigenvalue weighted by molar-refractivity contribution is -0.167. The van der Waals surface area contributed by atoms with Gasteiger partial charge in [0.05, 0.1) is 5.02 Å². The standard InChI is InChI=1S/C15H16Cl2O4/c16-10-4-5-11(12(17)8-10)13(18)9-21-14(19)15(20)6-2-1-3-7-15/h4-5,8,20H,1-3,6-7,9H2. The van der Waals surface area contributed by atoms with Crippen LogP contribution in [0.15, 0.2) is 18.2 Å². The summed E-state index contributed by atoms with van der Waals surface area (Å²) < 4.78 is 4.96. The van der Waals surface area contributed by atoms with E-state index in [1.165, 1.54) is 18.2 Å². The summed E-state index contributed by atoms with van der Waals surface area (Å²) in [5, 5.41) is 10.8. The summed E-state index contributed by atoms with van der Waals surface area (Å²) in [6.07, 6.45) is 3.31. The molecule has 0 spiro atoms. The third-order valence-corrected chi connectivity index (χ3v) is 4.17. The second-order valence-electron chi connectivity index (χ2n) is 5.22. The van der Waals surface area contributed by atoms with E-state index in [9.17, 15) is 14.7 Å². The van der Waals surface area contributed by atoms with Crippen molar-refractivity contribution in [1.29, 1.82) is 0 Å². The van der Waals surface area contributed by atoms with Crippen LogP contribution in [0.4, 0.5) is 0 Å². The van der Waals surface area contributed by atoms with E-state index in [0.29, 0.717) is 17.9 Å². The van der Waals surface area contributed by atoms with Crippen LogP contribution in [0.1, 0.15) is 42.5 Å². The molecule has 114 valence electrons. The van der Waals surface area contributed by atoms with Gasteiger partial charge >= 0.3 is 5.97 Å². The van der Waals surface area contributed by atoms with Crippen LogP contribution in [0.25, 0.3) is 0 Å². The molecular formula is C15H16Cl2O4. The largest absolute Gasteiger partial charge is 0.455 e. The van der Waals surface area contributed by atoms with E-state index in [2.05, 4.69) is 0 Å². The quantitative estimate of drug-likeness (QED) is 0.678. The van der Waals surface area contributed by atoms with Gasteiger partial charge in [0.1, 0.15) is 0 Å². The molecule has 1 aromatic rings. The van der Waals surface area contributed by atoms with Crippen molar-refractivity contribution in [3.8, 4) is 0 Å². The number of aliphatic hydroxyl groups is 1. The highest BCUT2D eigenvalue weighted by atomic mass is 35.5. The van der Waals surface area contributed by atoms with Crippen LogP contribution in [-0.4, -0.2) is 29.1 Å². The number of halogens is 2. The topological polar surface area (TPSA) is 63.6 Å². The van der Waals surface area contributed by atoms with Gasteiger partial charge in [0.25, 0.3) is 0 Å². The van der Waals surface area contributed by atoms with E-state index in [1.54, 1.807) is 0 Å². The number of hydrogen-bond donors (Lipinski definition) is 1. The van der Waals surface area contributed by atoms with Crippen LogP contribution in [0.3, 0.4) is 0 Å². The average molecular weight is 331 g/mol. The third kappa shape index (κ3) is 3.96. The summed E-state index contributed by atoms with van der Waals surface area (Å²) in [6.45, 7) is -0.442. The Morgan fingerprint density at radius 3 is 2.48 bits per heavy atom. The van der Waals surface area contributed by atoms with Crippen LogP contribution in [0.5, 0.6) is 0 Å². The van der Waals surface area contributed by atoms with E-state index in [-0.39, 0.29) is 10.6 Å². The Labute approximate surface area is 133 Å². The first-order chi connectivity index (χ1) is 9.92. The second kappa shape index (κ2) is 6.77. The number of ketones is 1. The van der Waals surface area contributed by atoms with Crippen molar-refractivity contribution >= 4 is 35.0 Å². The lowest BCUT2D eigenvalue weighted by Crippen LogP contribution is -2.42. The maximum Gasteiger partial charge on any atom is 0.338 e. The first kappa shape index (κ1) is 16.3. The van der Waals surface area contributed by atoms with Gasteiger partial charge in [-0.05, 0) is 43.9 Å². The zero-order chi connectivity index (χ0) is 15.5. The molecular weight excluding hydrogens is 315 g/mol. The molecule has 0 radical (unpaired) electrons. The Bertz CT molecular complexity index is 551. The highest BCUT2D eigenvalue weighted by Gasteiger charge is 2.38. The molecule has 1 saturated carbocycles. The molecule has 0 unspecified atom stereocenters. The monoisotopic (exact) mass is 330 g/mol. The maximum absolute atomic E-state index is 12.0. The van der Waals surface area contributed by atoms with Crippen LogP contribution < -0.4 is 0 Å². The summed E-state index contributed by atoms with van der Waals surface area (Å²) >= 11 is 11.7. The highest BCUT2D eigenvalue weighted by Crippen LogP contribution is 2.29. The van der Waals surface area contributed by atoms with Gasteiger partial charge in [0, 0.05) is 10.6 Å². The van der Waals surface area contributed by atoms with Gasteiger partial charge in [-0.15, -0.1) is 0 Å². The molecule has 0 saturated heterocycles. The Morgan fingerprint density at radius 1 is 1.19 bits per heavy atom. The molecule has 4 nitrogen and oxygen atoms in total. The molecule has 0 bridgehead atoms. The van der Waals surface area contributed by atoms with E-state index < -0.39 is 24.0 Å². The molecule has 1 aliphatic carbocycles. The molecule has 0 atom stereocenters. The average Bonchev–Trinajstić information content (AvgIpc) is 2.45. The summed E-state index contributed by atoms with van der Waals surface area (Å²) in [5.74, 6) is -1.16. The number of hydrogen-bond acceptors (Lipinski definition) is 4. The zero-order valence-corrected chi connectivity index (χ0v) is 12.9. The van der Waals surface area contributed by atoms with Gasteiger partial charge in [0.15, 0.2) is 12.2 Å². The smallest absolute Gasteiger partial charge is 0.338 e. The molecule has 2 rings (SSSR count). The Hall–Kier alpha value is -1.10. The predicted octanol–water partition coefficient (Wildman–Crippen LogP) is 3.41. The van der Waals surface area contributed by atoms with Crippen molar-refractivity contribution in [2.45, 2.75) is 37.7 Å². The lowest BCUT2D eigenvalue weighted by Gasteiger charge is -2.29. The maximum atomic E-state index is 12.0. The Morgan fingerprint density at radius 2 is 1.86 bits per heavy atom. The minimum atomic E-state index is -1.46. The number of ether oxygens (including phenoxy) is 1. The van der Waals surface area contributed by atoms with Crippen molar-refractivity contribution < 1.29 is 19.4 Å². The molecule has 0 heterocycles. The number of carbonyl (C=O) groups excluding carboxylic acids is 2. The second-order valence-corrected chi connectivity index (χ2v) is 6.06. The van der Waals surface area contributed by atoms with E-state index in [4.69, 9.17) is 27.9 Å². The molecule has 21 heavy (non-hydrogen) atoms. The van der Waals surface area contributed by atoms with Gasteiger partial charge in [-0.3, -0.25) is 4.79 Å². The molecule has 1 aliphatic rings. The zero-order valence-electron chi connectivity index (χ0n) is 11.4. The highest BCUT2D eigenvalue weighted by molar-refractivity contribution is 6.36. The molecule has 0 aromatic heterocycles. The van der Waals surface area contributed by atoms with E-state index in [0.717, 1.165) is 19.3 Å². The van der Waals surface area contributed by atoms with E-state index >= 15 is 0 Å². The number of rotatable bonds is 4. The predicted molar refractivity (Wildman–Crippen MR) is 79.8 cm³/mol. The molecule has 0 amide bonds. The summed E-state index contributed by atoms with van der Waals surface area (Å²) in [4.78, 5) is 23.9. The van der Waals surface area contributed by atoms with Gasteiger partial charge in [-0.2, -0.15) is 0 Å². The fourth-order valence-electron chi connectivity index (χ4n) is 2.40. The molecule has 0 aliphatic heterocycles.